The molecule has 0 aliphatic rings. The third-order valence-corrected chi connectivity index (χ3v) is 4.14. The van der Waals surface area contributed by atoms with Crippen LogP contribution in [0.1, 0.15) is 15.4 Å². The van der Waals surface area contributed by atoms with Crippen molar-refractivity contribution in [2.24, 2.45) is 0 Å². The van der Waals surface area contributed by atoms with E-state index in [-0.39, 0.29) is 5.78 Å². The summed E-state index contributed by atoms with van der Waals surface area (Å²) in [5.41, 5.74) is 0. The minimum Gasteiger partial charge on any atom is -0.454 e. The quantitative estimate of drug-likeness (QED) is 0.773. The molecule has 5 heteroatoms. The van der Waals surface area contributed by atoms with Crippen LogP contribution in [0.5, 0.6) is 0 Å². The monoisotopic (exact) mass is 348 g/mol. The third-order valence-electron chi connectivity index (χ3n) is 1.83. The maximum atomic E-state index is 11.8. The van der Waals surface area contributed by atoms with Gasteiger partial charge in [-0.2, -0.15) is 0 Å². The molecule has 0 amide bonds. The fraction of sp³-hybridized carbons (Fsp3) is 0.100. The Morgan fingerprint density at radius 2 is 2.13 bits per heavy atom. The van der Waals surface area contributed by atoms with Crippen molar-refractivity contribution in [2.45, 2.75) is 6.42 Å². The second-order valence-electron chi connectivity index (χ2n) is 2.90. The van der Waals surface area contributed by atoms with Crippen molar-refractivity contribution in [1.29, 1.82) is 0 Å². The van der Waals surface area contributed by atoms with E-state index in [2.05, 4.69) is 31.9 Å². The molecule has 0 spiro atoms. The summed E-state index contributed by atoms with van der Waals surface area (Å²) in [5, 5.41) is 1.88. The highest BCUT2D eigenvalue weighted by Crippen LogP contribution is 2.25. The van der Waals surface area contributed by atoms with Crippen LogP contribution in [-0.2, 0) is 6.42 Å². The van der Waals surface area contributed by atoms with Gasteiger partial charge in [0.15, 0.2) is 10.5 Å². The highest BCUT2D eigenvalue weighted by molar-refractivity contribution is 9.10. The SMILES string of the molecule is O=C(Cc1ccc(Br)o1)c1sccc1Br. The summed E-state index contributed by atoms with van der Waals surface area (Å²) in [5.74, 6) is 0.742. The summed E-state index contributed by atoms with van der Waals surface area (Å²) in [7, 11) is 0. The predicted molar refractivity (Wildman–Crippen MR) is 66.5 cm³/mol. The Kier molecular flexibility index (Phi) is 3.43. The van der Waals surface area contributed by atoms with E-state index in [1.165, 1.54) is 11.3 Å². The van der Waals surface area contributed by atoms with E-state index in [1.807, 2.05) is 11.4 Å². The van der Waals surface area contributed by atoms with Gasteiger partial charge in [-0.3, -0.25) is 4.79 Å². The Balaban J connectivity index is 2.14. The van der Waals surface area contributed by atoms with E-state index in [0.29, 0.717) is 16.9 Å². The van der Waals surface area contributed by atoms with Crippen LogP contribution in [0.2, 0.25) is 0 Å². The fourth-order valence-electron chi connectivity index (χ4n) is 1.18. The lowest BCUT2D eigenvalue weighted by Gasteiger charge is -1.95. The van der Waals surface area contributed by atoms with E-state index in [1.54, 1.807) is 12.1 Å². The molecule has 0 N–H and O–H groups in total. The lowest BCUT2D eigenvalue weighted by atomic mass is 10.2. The zero-order valence-corrected chi connectivity index (χ0v) is 11.5. The molecule has 0 aliphatic carbocycles. The largest absolute Gasteiger partial charge is 0.454 e. The van der Waals surface area contributed by atoms with Gasteiger partial charge >= 0.3 is 0 Å². The van der Waals surface area contributed by atoms with Crippen molar-refractivity contribution in [3.8, 4) is 0 Å². The standard InChI is InChI=1S/C10H6Br2O2S/c11-7-3-4-15-10(7)8(13)5-6-1-2-9(12)14-6/h1-4H,5H2. The molecule has 15 heavy (non-hydrogen) atoms. The van der Waals surface area contributed by atoms with Gasteiger partial charge in [-0.25, -0.2) is 0 Å². The van der Waals surface area contributed by atoms with Gasteiger partial charge in [-0.15, -0.1) is 11.3 Å². The number of rotatable bonds is 3. The summed E-state index contributed by atoms with van der Waals surface area (Å²) in [6.07, 6.45) is 0.296. The van der Waals surface area contributed by atoms with Crippen LogP contribution in [0.15, 0.2) is 37.1 Å². The van der Waals surface area contributed by atoms with E-state index in [9.17, 15) is 4.79 Å². The van der Waals surface area contributed by atoms with Crippen molar-refractivity contribution < 1.29 is 9.21 Å². The topological polar surface area (TPSA) is 30.2 Å². The van der Waals surface area contributed by atoms with Crippen LogP contribution >= 0.6 is 43.2 Å². The summed E-state index contributed by atoms with van der Waals surface area (Å²) in [4.78, 5) is 12.5. The van der Waals surface area contributed by atoms with Gasteiger partial charge in [0.1, 0.15) is 5.76 Å². The number of thiophene rings is 1. The van der Waals surface area contributed by atoms with Gasteiger partial charge in [0.05, 0.1) is 11.3 Å². The Hall–Kier alpha value is -0.390. The Labute approximate surface area is 108 Å². The Morgan fingerprint density at radius 3 is 2.67 bits per heavy atom. The average Bonchev–Trinajstić information content (AvgIpc) is 2.75. The van der Waals surface area contributed by atoms with Gasteiger partial charge in [0, 0.05) is 4.47 Å². The number of hydrogen-bond acceptors (Lipinski definition) is 3. The number of halogens is 2. The minimum atomic E-state index is 0.0683. The first kappa shape index (κ1) is 11.1. The number of Topliss-reactive ketones (excluding diaryl/α,β-unsaturated/α-hetero) is 1. The van der Waals surface area contributed by atoms with Gasteiger partial charge in [-0.05, 0) is 55.4 Å². The number of hydrogen-bond donors (Lipinski definition) is 0. The predicted octanol–water partition coefficient (Wildman–Crippen LogP) is 4.29. The molecule has 0 atom stereocenters. The van der Waals surface area contributed by atoms with Crippen molar-refractivity contribution in [1.82, 2.24) is 0 Å². The Morgan fingerprint density at radius 1 is 1.33 bits per heavy atom. The number of carbonyl (C=O) groups is 1. The van der Waals surface area contributed by atoms with Crippen LogP contribution in [-0.4, -0.2) is 5.78 Å². The molecule has 0 unspecified atom stereocenters. The first-order chi connectivity index (χ1) is 7.16. The molecule has 0 fully saturated rings. The van der Waals surface area contributed by atoms with E-state index in [4.69, 9.17) is 4.42 Å². The first-order valence-electron chi connectivity index (χ1n) is 4.17. The van der Waals surface area contributed by atoms with Crippen molar-refractivity contribution in [3.63, 3.8) is 0 Å². The molecular formula is C10H6Br2O2S. The zero-order valence-electron chi connectivity index (χ0n) is 7.50. The molecule has 0 aromatic carbocycles. The van der Waals surface area contributed by atoms with Gasteiger partial charge in [0.25, 0.3) is 0 Å². The molecule has 0 bridgehead atoms. The summed E-state index contributed by atoms with van der Waals surface area (Å²) in [6.45, 7) is 0. The lowest BCUT2D eigenvalue weighted by Crippen LogP contribution is -2.00. The van der Waals surface area contributed by atoms with E-state index < -0.39 is 0 Å². The fourth-order valence-corrected chi connectivity index (χ4v) is 3.05. The zero-order chi connectivity index (χ0) is 10.8. The highest BCUT2D eigenvalue weighted by Gasteiger charge is 2.13. The first-order valence-corrected chi connectivity index (χ1v) is 6.64. The molecular weight excluding hydrogens is 344 g/mol. The lowest BCUT2D eigenvalue weighted by molar-refractivity contribution is 0.0990. The molecule has 0 saturated carbocycles. The molecule has 0 saturated heterocycles. The highest BCUT2D eigenvalue weighted by atomic mass is 79.9. The summed E-state index contributed by atoms with van der Waals surface area (Å²) in [6, 6.07) is 5.45. The smallest absolute Gasteiger partial charge is 0.181 e. The van der Waals surface area contributed by atoms with Crippen molar-refractivity contribution in [2.75, 3.05) is 0 Å². The minimum absolute atomic E-state index is 0.0683. The maximum Gasteiger partial charge on any atom is 0.181 e. The van der Waals surface area contributed by atoms with Crippen LogP contribution in [0, 0.1) is 0 Å². The molecule has 2 rings (SSSR count). The number of carbonyl (C=O) groups excluding carboxylic acids is 1. The molecule has 2 aromatic rings. The molecule has 2 aromatic heterocycles. The molecule has 2 heterocycles. The molecule has 78 valence electrons. The summed E-state index contributed by atoms with van der Waals surface area (Å²) >= 11 is 7.97. The van der Waals surface area contributed by atoms with Crippen LogP contribution in [0.25, 0.3) is 0 Å². The van der Waals surface area contributed by atoms with Crippen molar-refractivity contribution in [3.05, 3.63) is 43.4 Å². The number of ketones is 1. The van der Waals surface area contributed by atoms with Crippen LogP contribution in [0.3, 0.4) is 0 Å². The van der Waals surface area contributed by atoms with Crippen molar-refractivity contribution >= 4 is 49.0 Å². The summed E-state index contributed by atoms with van der Waals surface area (Å²) < 4.78 is 6.78. The second kappa shape index (κ2) is 4.63. The normalized spacial score (nSPS) is 10.5. The van der Waals surface area contributed by atoms with Gasteiger partial charge in [-0.1, -0.05) is 0 Å². The van der Waals surface area contributed by atoms with E-state index in [0.717, 1.165) is 9.35 Å². The molecule has 0 aliphatic heterocycles. The van der Waals surface area contributed by atoms with Crippen LogP contribution < -0.4 is 0 Å². The van der Waals surface area contributed by atoms with Gasteiger partial charge < -0.3 is 4.42 Å². The average molecular weight is 350 g/mol. The third kappa shape index (κ3) is 2.59. The number of furan rings is 1. The second-order valence-corrected chi connectivity index (χ2v) is 5.46. The molecule has 0 radical (unpaired) electrons. The maximum absolute atomic E-state index is 11.8. The molecule has 2 nitrogen and oxygen atoms in total. The van der Waals surface area contributed by atoms with Gasteiger partial charge in [0.2, 0.25) is 0 Å². The Bertz CT molecular complexity index is 487. The van der Waals surface area contributed by atoms with Crippen LogP contribution in [0.4, 0.5) is 0 Å². The van der Waals surface area contributed by atoms with E-state index >= 15 is 0 Å².